The molecule has 5 aromatic rings. The molecule has 0 atom stereocenters. The molecule has 5 N–H and O–H groups in total. The second kappa shape index (κ2) is 25.3. The minimum atomic E-state index is -0.583. The summed E-state index contributed by atoms with van der Waals surface area (Å²) in [5, 5.41) is 14.1. The van der Waals surface area contributed by atoms with Gasteiger partial charge in [0.2, 0.25) is 11.8 Å². The number of nitrogens with two attached hydrogens (primary N) is 1. The molecular weight excluding hydrogens is 886 g/mol. The number of pyridine rings is 1. The van der Waals surface area contributed by atoms with Gasteiger partial charge >= 0.3 is 0 Å². The predicted molar refractivity (Wildman–Crippen MR) is 274 cm³/mol. The Kier molecular flexibility index (Phi) is 18.8. The van der Waals surface area contributed by atoms with Crippen LogP contribution in [0.1, 0.15) is 82.4 Å². The quantitative estimate of drug-likeness (QED) is 0.101. The molecule has 14 nitrogen and oxygen atoms in total. The average Bonchev–Trinajstić information content (AvgIpc) is 3.36. The number of H-pyrrole nitrogens is 1. The first kappa shape index (κ1) is 52.0. The molecule has 2 aromatic heterocycles. The smallest absolute Gasteiger partial charge is 0.274 e. The lowest BCUT2D eigenvalue weighted by atomic mass is 9.95. The van der Waals surface area contributed by atoms with E-state index in [1.807, 2.05) is 48.2 Å². The fourth-order valence-electron chi connectivity index (χ4n) is 8.78. The number of aryl methyl sites for hydroxylation is 2. The molecule has 2 fully saturated rings. The lowest BCUT2D eigenvalue weighted by molar-refractivity contribution is -0.115. The van der Waals surface area contributed by atoms with Crippen LogP contribution in [0.2, 0.25) is 0 Å². The van der Waals surface area contributed by atoms with E-state index in [0.717, 1.165) is 48.1 Å². The van der Waals surface area contributed by atoms with Crippen molar-refractivity contribution in [1.29, 1.82) is 0 Å². The largest absolute Gasteiger partial charge is 0.366 e. The number of halogens is 1. The zero-order valence-electron chi connectivity index (χ0n) is 40.6. The number of anilines is 1. The minimum Gasteiger partial charge on any atom is -0.366 e. The Hall–Kier alpha value is -7.36. The Balaban J connectivity index is 0.00000126. The highest BCUT2D eigenvalue weighted by Gasteiger charge is 2.30. The lowest BCUT2D eigenvalue weighted by Gasteiger charge is -2.39. The monoisotopic (exact) mass is 950 g/mol. The van der Waals surface area contributed by atoms with E-state index < -0.39 is 11.7 Å². The summed E-state index contributed by atoms with van der Waals surface area (Å²) in [7, 11) is 0. The van der Waals surface area contributed by atoms with Crippen LogP contribution < -0.4 is 32.4 Å². The molecule has 0 saturated carbocycles. The maximum absolute atomic E-state index is 15.2. The van der Waals surface area contributed by atoms with Gasteiger partial charge in [-0.1, -0.05) is 98.0 Å². The fourth-order valence-corrected chi connectivity index (χ4v) is 8.78. The normalized spacial score (nSPS) is 14.9. The summed E-state index contributed by atoms with van der Waals surface area (Å²) in [5.41, 5.74) is 11.5. The van der Waals surface area contributed by atoms with E-state index in [0.29, 0.717) is 79.1 Å². The number of aromatic nitrogens is 3. The number of allylic oxidation sites excluding steroid dienone is 2. The van der Waals surface area contributed by atoms with Crippen molar-refractivity contribution < 1.29 is 23.6 Å². The van der Waals surface area contributed by atoms with E-state index in [2.05, 4.69) is 68.2 Å². The summed E-state index contributed by atoms with van der Waals surface area (Å²) in [6, 6.07) is 22.7. The van der Waals surface area contributed by atoms with Crippen molar-refractivity contribution >= 4 is 41.5 Å². The van der Waals surface area contributed by atoms with E-state index in [-0.39, 0.29) is 47.5 Å². The number of nitrogens with one attached hydrogen (secondary N) is 3. The van der Waals surface area contributed by atoms with Crippen LogP contribution in [0.3, 0.4) is 0 Å². The van der Waals surface area contributed by atoms with Crippen molar-refractivity contribution in [3.63, 3.8) is 0 Å². The van der Waals surface area contributed by atoms with Gasteiger partial charge in [0.1, 0.15) is 5.82 Å². The Morgan fingerprint density at radius 1 is 0.871 bits per heavy atom. The summed E-state index contributed by atoms with van der Waals surface area (Å²) in [5.74, 6) is -1.45. The number of aromatic amines is 1. The van der Waals surface area contributed by atoms with Crippen molar-refractivity contribution in [1.82, 2.24) is 35.2 Å². The van der Waals surface area contributed by atoms with Crippen molar-refractivity contribution in [2.75, 3.05) is 57.7 Å². The third kappa shape index (κ3) is 14.1. The number of carbonyl (C=O) groups is 4. The van der Waals surface area contributed by atoms with E-state index in [9.17, 15) is 24.0 Å². The number of piperidine rings is 1. The van der Waals surface area contributed by atoms with Crippen LogP contribution in [0.5, 0.6) is 0 Å². The Morgan fingerprint density at radius 3 is 2.27 bits per heavy atom. The van der Waals surface area contributed by atoms with Gasteiger partial charge in [0.15, 0.2) is 5.69 Å². The number of piperazine rings is 1. The molecule has 0 spiro atoms. The molecule has 366 valence electrons. The average molecular weight is 950 g/mol. The van der Waals surface area contributed by atoms with Gasteiger partial charge in [0.25, 0.3) is 17.4 Å². The van der Waals surface area contributed by atoms with E-state index in [1.54, 1.807) is 61.4 Å². The number of carbonyl (C=O) groups excluding carboxylic acids is 4. The lowest BCUT2D eigenvalue weighted by Crippen LogP contribution is -2.51. The number of likely N-dealkylation sites (tertiary alicyclic amines) is 1. The first-order valence-corrected chi connectivity index (χ1v) is 23.8. The first-order valence-electron chi connectivity index (χ1n) is 23.8. The molecule has 0 bridgehead atoms. The predicted octanol–water partition coefficient (Wildman–Crippen LogP) is 5.29. The number of benzene rings is 3. The van der Waals surface area contributed by atoms with Crippen LogP contribution in [-0.2, 0) is 29.0 Å². The van der Waals surface area contributed by atoms with Crippen LogP contribution in [0, 0.1) is 18.7 Å². The van der Waals surface area contributed by atoms with Crippen molar-refractivity contribution in [2.24, 2.45) is 11.7 Å². The summed E-state index contributed by atoms with van der Waals surface area (Å²) in [6.45, 7) is 16.2. The maximum atomic E-state index is 15.2. The molecule has 2 aliphatic rings. The second-order valence-corrected chi connectivity index (χ2v) is 17.6. The van der Waals surface area contributed by atoms with Gasteiger partial charge in [-0.3, -0.25) is 28.9 Å². The van der Waals surface area contributed by atoms with Crippen molar-refractivity contribution in [2.45, 2.75) is 59.9 Å². The van der Waals surface area contributed by atoms with Crippen molar-refractivity contribution in [3.05, 3.63) is 170 Å². The number of rotatable bonds is 15. The molecule has 70 heavy (non-hydrogen) atoms. The maximum Gasteiger partial charge on any atom is 0.274 e. The zero-order valence-corrected chi connectivity index (χ0v) is 40.6. The van der Waals surface area contributed by atoms with Gasteiger partial charge in [0.05, 0.1) is 23.5 Å². The van der Waals surface area contributed by atoms with Crippen molar-refractivity contribution in [3.8, 4) is 11.1 Å². The van der Waals surface area contributed by atoms with Crippen LogP contribution in [0.4, 0.5) is 10.1 Å². The number of primary amides is 1. The molecular formula is C55H64FN9O5. The standard InChI is InChI=1S/C51H57FN8O4.C4H7NO/c1-5-10-42-41(7-3)49(62)57-56-45(42)28-37-15-16-44(52)43(27-37)50(63)60-23-21-58(22-24-60)33-36-17-19-59(20-18-36)51(64)48-46(29-40(31-54-48)39-14-9-12-35(6-2)26-39)55-47(61)32-53-30-38-13-8-11-34(4)25-38;1-2-3-4(5)6/h5,7-16,25-27,29,31,36,53H,1,6,17-24,28,30,32-33H2,2-4H3,(H,55,61)(H,57,62);2-3H,1H3,(H2,5,6)/b41-7+,42-10+;3-2+. The second-order valence-electron chi connectivity index (χ2n) is 17.6. The molecule has 15 heteroatoms. The third-order valence-electron chi connectivity index (χ3n) is 12.5. The van der Waals surface area contributed by atoms with Gasteiger partial charge in [0, 0.05) is 81.0 Å². The number of nitrogens with zero attached hydrogens (tertiary/aromatic N) is 5. The first-order chi connectivity index (χ1) is 33.8. The van der Waals surface area contributed by atoms with Gasteiger partial charge in [-0.15, -0.1) is 0 Å². The molecule has 2 saturated heterocycles. The molecule has 4 heterocycles. The van der Waals surface area contributed by atoms with Crippen LogP contribution in [0.15, 0.2) is 109 Å². The van der Waals surface area contributed by atoms with Gasteiger partial charge in [-0.05, 0) is 92.5 Å². The number of amides is 4. The molecule has 7 rings (SSSR count). The Labute approximate surface area is 408 Å². The summed E-state index contributed by atoms with van der Waals surface area (Å²) >= 11 is 0. The fraction of sp³-hybridized carbons (Fsp3) is 0.327. The van der Waals surface area contributed by atoms with E-state index >= 15 is 4.39 Å². The summed E-state index contributed by atoms with van der Waals surface area (Å²) in [6.07, 6.45) is 12.4. The number of hydrogen-bond donors (Lipinski definition) is 4. The van der Waals surface area contributed by atoms with Gasteiger partial charge in [-0.2, -0.15) is 5.10 Å². The van der Waals surface area contributed by atoms with Gasteiger partial charge in [-0.25, -0.2) is 14.5 Å². The molecule has 4 amide bonds. The minimum absolute atomic E-state index is 0.0104. The molecule has 3 aromatic carbocycles. The van der Waals surface area contributed by atoms with Crippen LogP contribution >= 0.6 is 0 Å². The molecule has 0 radical (unpaired) electrons. The highest BCUT2D eigenvalue weighted by atomic mass is 19.1. The topological polar surface area (TPSA) is 187 Å². The molecule has 0 unspecified atom stereocenters. The Bertz CT molecular complexity index is 2900. The Morgan fingerprint density at radius 2 is 1.60 bits per heavy atom. The summed E-state index contributed by atoms with van der Waals surface area (Å²) in [4.78, 5) is 73.7. The SMILES string of the molecule is C/C=C/C(N)=O.C=C/C=c1/c(Cc2ccc(F)c(C(=O)N3CCN(CC4CCN(C(=O)c5ncc(-c6cccc(CC)c6)cc5NC(=O)CNCc5cccc(C)c5)CC4)CC3)c2)n[nH]c(=O)/c1=C/C. The van der Waals surface area contributed by atoms with Crippen LogP contribution in [-0.4, -0.2) is 106 Å². The van der Waals surface area contributed by atoms with Crippen LogP contribution in [0.25, 0.3) is 23.3 Å². The van der Waals surface area contributed by atoms with E-state index in [4.69, 9.17) is 0 Å². The highest BCUT2D eigenvalue weighted by molar-refractivity contribution is 6.03. The molecule has 2 aliphatic heterocycles. The highest BCUT2D eigenvalue weighted by Crippen LogP contribution is 2.28. The molecule has 0 aliphatic carbocycles. The third-order valence-corrected chi connectivity index (χ3v) is 12.5. The van der Waals surface area contributed by atoms with Gasteiger partial charge < -0.3 is 26.2 Å². The van der Waals surface area contributed by atoms with E-state index in [1.165, 1.54) is 17.7 Å². The number of hydrogen-bond acceptors (Lipinski definition) is 9. The summed E-state index contributed by atoms with van der Waals surface area (Å²) < 4.78 is 15.2. The zero-order chi connectivity index (χ0) is 50.2.